The van der Waals surface area contributed by atoms with Gasteiger partial charge in [-0.05, 0) is 161 Å². The van der Waals surface area contributed by atoms with Crippen LogP contribution in [0, 0.1) is 13.8 Å². The predicted molar refractivity (Wildman–Crippen MR) is 322 cm³/mol. The average Bonchev–Trinajstić information content (AvgIpc) is 2.95. The molecular weight excluding hydrogens is 916 g/mol. The third kappa shape index (κ3) is 4.96. The lowest BCUT2D eigenvalue weighted by Gasteiger charge is -2.47. The van der Waals surface area contributed by atoms with E-state index in [1.54, 1.807) is 33.0 Å². The number of rotatable bonds is 2. The number of fused-ring (bicyclic) bond motifs is 17. The zero-order valence-electron chi connectivity index (χ0n) is 45.7. The van der Waals surface area contributed by atoms with Crippen LogP contribution < -0.4 is 16.4 Å². The van der Waals surface area contributed by atoms with Crippen molar-refractivity contribution in [3.05, 3.63) is 207 Å². The third-order valence-electron chi connectivity index (χ3n) is 20.8. The fourth-order valence-corrected chi connectivity index (χ4v) is 17.2. The highest BCUT2D eigenvalue weighted by atomic mass is 15.1. The number of aromatic nitrogens is 2. The van der Waals surface area contributed by atoms with E-state index < -0.39 is 5.41 Å². The second kappa shape index (κ2) is 13.8. The van der Waals surface area contributed by atoms with Crippen molar-refractivity contribution in [1.82, 2.24) is 9.13 Å². The SMILES string of the molecule is Cc1ccc2c(c1)C1(c3cc(C)ccc3-2)c2ccc3c4c2-n2c5c(cc6c(c5c5c7c(cc1c52)C(C)(C)CCC7(C)C)C(C)(C)CCC6(C)C)B4c1cc2ccccc2c2c(-c4ccccc4)c(-c4ccccc4)n-3c12. The molecule has 0 saturated heterocycles. The molecule has 0 unspecified atom stereocenters. The molecule has 0 fully saturated rings. The quantitative estimate of drug-likeness (QED) is 0.153. The van der Waals surface area contributed by atoms with E-state index in [4.69, 9.17) is 0 Å². The molecule has 2 aromatic heterocycles. The van der Waals surface area contributed by atoms with E-state index in [-0.39, 0.29) is 28.4 Å². The molecule has 9 aromatic carbocycles. The highest BCUT2D eigenvalue weighted by Crippen LogP contribution is 2.65. The standard InChI is InChI=1S/C73H63BN2/c1-40-25-27-46-47-28-26-41(2)36-50(47)73(49(46)35-40)48-29-30-56-63-66(48)76-65-53(73)38-51-61(71(7,8)33-31-69(51,3)4)59(65)60-62-52(70(5,6)32-34-72(62,9)10)39-55(68(60)76)74(63)54-37-44-23-17-18-24-45(44)58-57(42-19-13-11-14-20-42)64(75(56)67(54)58)43-21-15-12-16-22-43/h11-30,35-39H,31-34H2,1-10H3. The van der Waals surface area contributed by atoms with Crippen molar-refractivity contribution in [3.8, 4) is 44.9 Å². The molecule has 0 bridgehead atoms. The maximum atomic E-state index is 2.93. The van der Waals surface area contributed by atoms with Crippen LogP contribution in [0.1, 0.15) is 137 Å². The third-order valence-corrected chi connectivity index (χ3v) is 20.8. The lowest BCUT2D eigenvalue weighted by molar-refractivity contribution is 0.333. The molecule has 76 heavy (non-hydrogen) atoms. The van der Waals surface area contributed by atoms with Crippen molar-refractivity contribution in [2.75, 3.05) is 0 Å². The highest BCUT2D eigenvalue weighted by molar-refractivity contribution is 7.00. The summed E-state index contributed by atoms with van der Waals surface area (Å²) in [6, 6.07) is 60.2. The fourth-order valence-electron chi connectivity index (χ4n) is 17.2. The van der Waals surface area contributed by atoms with Gasteiger partial charge in [0.05, 0.1) is 22.1 Å². The Morgan fingerprint density at radius 1 is 0.421 bits per heavy atom. The molecule has 6 aliphatic rings. The Bertz CT molecular complexity index is 4480. The molecule has 368 valence electrons. The molecule has 5 heterocycles. The van der Waals surface area contributed by atoms with E-state index >= 15 is 0 Å². The Labute approximate surface area is 447 Å². The van der Waals surface area contributed by atoms with Crippen molar-refractivity contribution in [2.24, 2.45) is 0 Å². The van der Waals surface area contributed by atoms with Crippen molar-refractivity contribution >= 4 is 66.6 Å². The van der Waals surface area contributed by atoms with Gasteiger partial charge in [0.25, 0.3) is 6.71 Å². The second-order valence-electron chi connectivity index (χ2n) is 26.9. The van der Waals surface area contributed by atoms with Crippen molar-refractivity contribution in [2.45, 2.75) is 122 Å². The summed E-state index contributed by atoms with van der Waals surface area (Å²) in [5.41, 5.74) is 33.1. The minimum atomic E-state index is -0.577. The van der Waals surface area contributed by atoms with Crippen LogP contribution in [0.4, 0.5) is 0 Å². The van der Waals surface area contributed by atoms with E-state index in [2.05, 4.69) is 230 Å². The molecule has 0 saturated carbocycles. The summed E-state index contributed by atoms with van der Waals surface area (Å²) >= 11 is 0. The Morgan fingerprint density at radius 2 is 0.961 bits per heavy atom. The number of benzene rings is 9. The van der Waals surface area contributed by atoms with E-state index in [0.717, 1.165) is 25.7 Å². The number of hydrogen-bond acceptors (Lipinski definition) is 0. The number of nitrogens with zero attached hydrogens (tertiary/aromatic N) is 2. The molecule has 17 rings (SSSR count). The summed E-state index contributed by atoms with van der Waals surface area (Å²) in [5.74, 6) is 0. The van der Waals surface area contributed by atoms with Crippen molar-refractivity contribution in [1.29, 1.82) is 0 Å². The minimum absolute atomic E-state index is 0.0181. The van der Waals surface area contributed by atoms with Gasteiger partial charge in [-0.1, -0.05) is 212 Å². The van der Waals surface area contributed by atoms with Gasteiger partial charge < -0.3 is 9.13 Å². The van der Waals surface area contributed by atoms with Crippen LogP contribution in [0.15, 0.2) is 152 Å². The molecule has 0 amide bonds. The first-order valence-corrected chi connectivity index (χ1v) is 28.4. The molecule has 2 nitrogen and oxygen atoms in total. The lowest BCUT2D eigenvalue weighted by Crippen LogP contribution is -2.61. The van der Waals surface area contributed by atoms with Gasteiger partial charge in [0.1, 0.15) is 0 Å². The van der Waals surface area contributed by atoms with Crippen LogP contribution >= 0.6 is 0 Å². The largest absolute Gasteiger partial charge is 0.310 e. The summed E-state index contributed by atoms with van der Waals surface area (Å²) in [6.07, 6.45) is 4.64. The molecular formula is C73H63BN2. The molecule has 1 spiro atoms. The van der Waals surface area contributed by atoms with Gasteiger partial charge in [-0.25, -0.2) is 0 Å². The van der Waals surface area contributed by atoms with Crippen LogP contribution in [-0.4, -0.2) is 15.8 Å². The summed E-state index contributed by atoms with van der Waals surface area (Å²) in [4.78, 5) is 0. The zero-order chi connectivity index (χ0) is 51.5. The van der Waals surface area contributed by atoms with Crippen LogP contribution in [0.5, 0.6) is 0 Å². The summed E-state index contributed by atoms with van der Waals surface area (Å²) in [5, 5.41) is 7.05. The molecule has 0 N–H and O–H groups in total. The van der Waals surface area contributed by atoms with E-state index in [1.165, 1.54) is 127 Å². The molecule has 11 aromatic rings. The summed E-state index contributed by atoms with van der Waals surface area (Å²) < 4.78 is 5.68. The Morgan fingerprint density at radius 3 is 1.61 bits per heavy atom. The summed E-state index contributed by atoms with van der Waals surface area (Å²) in [7, 11) is 0. The Hall–Kier alpha value is -7.36. The molecule has 0 radical (unpaired) electrons. The fraction of sp³-hybridized carbons (Fsp3) is 0.260. The maximum absolute atomic E-state index is 2.93. The normalized spacial score (nSPS) is 18.4. The van der Waals surface area contributed by atoms with Gasteiger partial charge in [-0.15, -0.1) is 0 Å². The molecule has 3 aliphatic carbocycles. The van der Waals surface area contributed by atoms with Gasteiger partial charge in [-0.2, -0.15) is 0 Å². The molecule has 3 aliphatic heterocycles. The first kappa shape index (κ1) is 43.8. The van der Waals surface area contributed by atoms with Crippen molar-refractivity contribution < 1.29 is 0 Å². The average molecular weight is 979 g/mol. The van der Waals surface area contributed by atoms with Gasteiger partial charge >= 0.3 is 0 Å². The van der Waals surface area contributed by atoms with E-state index in [9.17, 15) is 0 Å². The van der Waals surface area contributed by atoms with Crippen LogP contribution in [-0.2, 0) is 27.1 Å². The van der Waals surface area contributed by atoms with Crippen molar-refractivity contribution in [3.63, 3.8) is 0 Å². The molecule has 0 atom stereocenters. The van der Waals surface area contributed by atoms with E-state index in [0.29, 0.717) is 0 Å². The zero-order valence-corrected chi connectivity index (χ0v) is 45.7. The van der Waals surface area contributed by atoms with Crippen LogP contribution in [0.3, 0.4) is 0 Å². The van der Waals surface area contributed by atoms with Crippen LogP contribution in [0.2, 0.25) is 0 Å². The number of aryl methyl sites for hydroxylation is 2. The minimum Gasteiger partial charge on any atom is -0.310 e. The van der Waals surface area contributed by atoms with Gasteiger partial charge in [-0.3, -0.25) is 0 Å². The molecule has 3 heteroatoms. The lowest BCUT2D eigenvalue weighted by atomic mass is 9.33. The predicted octanol–water partition coefficient (Wildman–Crippen LogP) is 16.3. The highest BCUT2D eigenvalue weighted by Gasteiger charge is 2.57. The summed E-state index contributed by atoms with van der Waals surface area (Å²) in [6.45, 7) is 25.2. The first-order valence-electron chi connectivity index (χ1n) is 28.4. The van der Waals surface area contributed by atoms with Gasteiger partial charge in [0.15, 0.2) is 0 Å². The Balaban J connectivity index is 1.19. The smallest absolute Gasteiger partial charge is 0.252 e. The topological polar surface area (TPSA) is 9.86 Å². The van der Waals surface area contributed by atoms with Gasteiger partial charge in [0.2, 0.25) is 0 Å². The second-order valence-corrected chi connectivity index (χ2v) is 26.9. The first-order chi connectivity index (χ1) is 36.5. The van der Waals surface area contributed by atoms with Crippen LogP contribution in [0.25, 0.3) is 88.4 Å². The maximum Gasteiger partial charge on any atom is 0.252 e. The Kier molecular flexibility index (Phi) is 7.95. The van der Waals surface area contributed by atoms with E-state index in [1.807, 2.05) is 0 Å². The van der Waals surface area contributed by atoms with Gasteiger partial charge in [0, 0.05) is 38.6 Å². The monoisotopic (exact) mass is 979 g/mol. The number of hydrogen-bond donors (Lipinski definition) is 0.